The molecule has 0 spiro atoms. The first-order valence-corrected chi connectivity index (χ1v) is 7.46. The Morgan fingerprint density at radius 2 is 1.50 bits per heavy atom. The molecular formula is C20H17NO. The number of hydrogen-bond acceptors (Lipinski definition) is 1. The Balaban J connectivity index is 1.73. The van der Waals surface area contributed by atoms with E-state index in [1.807, 2.05) is 12.1 Å². The van der Waals surface area contributed by atoms with Crippen LogP contribution in [0.1, 0.15) is 11.1 Å². The van der Waals surface area contributed by atoms with Crippen molar-refractivity contribution in [1.29, 1.82) is 0 Å². The van der Waals surface area contributed by atoms with Crippen LogP contribution in [0.4, 0.5) is 0 Å². The van der Waals surface area contributed by atoms with Crippen molar-refractivity contribution in [2.45, 2.75) is 6.42 Å². The van der Waals surface area contributed by atoms with E-state index in [-0.39, 0.29) is 0 Å². The minimum absolute atomic E-state index is 0.899. The summed E-state index contributed by atoms with van der Waals surface area (Å²) in [6, 6.07) is 23.4. The zero-order valence-electron chi connectivity index (χ0n) is 12.5. The van der Waals surface area contributed by atoms with Gasteiger partial charge in [-0.05, 0) is 47.9 Å². The van der Waals surface area contributed by atoms with Crippen LogP contribution in [-0.4, -0.2) is 12.1 Å². The van der Waals surface area contributed by atoms with Crippen LogP contribution in [0, 0.1) is 0 Å². The molecule has 0 saturated heterocycles. The minimum Gasteiger partial charge on any atom is -0.497 e. The first kappa shape index (κ1) is 13.0. The lowest BCUT2D eigenvalue weighted by Gasteiger charge is -2.04. The zero-order valence-corrected chi connectivity index (χ0v) is 12.5. The van der Waals surface area contributed by atoms with E-state index in [0.717, 1.165) is 12.2 Å². The van der Waals surface area contributed by atoms with Crippen molar-refractivity contribution >= 4 is 21.8 Å². The molecule has 108 valence electrons. The monoisotopic (exact) mass is 287 g/mol. The molecule has 0 atom stereocenters. The molecule has 0 fully saturated rings. The van der Waals surface area contributed by atoms with Gasteiger partial charge in [0, 0.05) is 21.8 Å². The van der Waals surface area contributed by atoms with Gasteiger partial charge >= 0.3 is 0 Å². The molecule has 0 amide bonds. The summed E-state index contributed by atoms with van der Waals surface area (Å²) in [5.41, 5.74) is 5.00. The predicted octanol–water partition coefficient (Wildman–Crippen LogP) is 4.92. The zero-order chi connectivity index (χ0) is 14.9. The first-order valence-electron chi connectivity index (χ1n) is 7.46. The van der Waals surface area contributed by atoms with Gasteiger partial charge in [-0.15, -0.1) is 0 Å². The van der Waals surface area contributed by atoms with E-state index in [9.17, 15) is 0 Å². The van der Waals surface area contributed by atoms with Crippen LogP contribution in [0.3, 0.4) is 0 Å². The molecule has 0 saturated carbocycles. The summed E-state index contributed by atoms with van der Waals surface area (Å²) >= 11 is 0. The van der Waals surface area contributed by atoms with Crippen LogP contribution < -0.4 is 4.74 Å². The van der Waals surface area contributed by atoms with Crippen LogP contribution in [-0.2, 0) is 6.42 Å². The molecule has 2 heteroatoms. The molecule has 3 aromatic carbocycles. The maximum Gasteiger partial charge on any atom is 0.118 e. The molecule has 1 N–H and O–H groups in total. The number of ether oxygens (including phenoxy) is 1. The van der Waals surface area contributed by atoms with Crippen LogP contribution in [0.15, 0.2) is 66.7 Å². The van der Waals surface area contributed by atoms with E-state index >= 15 is 0 Å². The Morgan fingerprint density at radius 3 is 2.32 bits per heavy atom. The fourth-order valence-corrected chi connectivity index (χ4v) is 2.98. The lowest BCUT2D eigenvalue weighted by Crippen LogP contribution is -1.89. The molecule has 4 rings (SSSR count). The summed E-state index contributed by atoms with van der Waals surface area (Å²) < 4.78 is 5.21. The van der Waals surface area contributed by atoms with Crippen LogP contribution >= 0.6 is 0 Å². The van der Waals surface area contributed by atoms with E-state index in [1.54, 1.807) is 7.11 Å². The lowest BCUT2D eigenvalue weighted by atomic mass is 10.0. The molecule has 2 nitrogen and oxygen atoms in total. The Kier molecular flexibility index (Phi) is 3.08. The number of rotatable bonds is 3. The highest BCUT2D eigenvalue weighted by Gasteiger charge is 2.05. The lowest BCUT2D eigenvalue weighted by molar-refractivity contribution is 0.414. The number of methoxy groups -OCH3 is 1. The second kappa shape index (κ2) is 5.23. The standard InChI is InChI=1S/C20H17NO/c1-22-16-9-6-14(7-10-16)12-15-8-11-20-18(13-15)17-4-2-3-5-19(17)21-20/h2-11,13,21H,12H2,1H3. The van der Waals surface area contributed by atoms with Crippen molar-refractivity contribution in [3.05, 3.63) is 77.9 Å². The summed E-state index contributed by atoms with van der Waals surface area (Å²) in [7, 11) is 1.69. The molecule has 0 bridgehead atoms. The van der Waals surface area contributed by atoms with Crippen molar-refractivity contribution < 1.29 is 4.74 Å². The second-order valence-corrected chi connectivity index (χ2v) is 5.58. The molecule has 4 aromatic rings. The van der Waals surface area contributed by atoms with Gasteiger partial charge in [-0.25, -0.2) is 0 Å². The second-order valence-electron chi connectivity index (χ2n) is 5.58. The average Bonchev–Trinajstić information content (AvgIpc) is 2.94. The molecule has 0 aliphatic rings. The molecule has 1 aromatic heterocycles. The molecule has 0 unspecified atom stereocenters. The van der Waals surface area contributed by atoms with E-state index in [4.69, 9.17) is 4.74 Å². The fraction of sp³-hybridized carbons (Fsp3) is 0.100. The van der Waals surface area contributed by atoms with E-state index in [0.29, 0.717) is 0 Å². The molecule has 1 heterocycles. The third kappa shape index (κ3) is 2.23. The molecule has 22 heavy (non-hydrogen) atoms. The van der Waals surface area contributed by atoms with Crippen LogP contribution in [0.25, 0.3) is 21.8 Å². The normalized spacial score (nSPS) is 11.1. The van der Waals surface area contributed by atoms with Crippen molar-refractivity contribution in [3.8, 4) is 5.75 Å². The van der Waals surface area contributed by atoms with Gasteiger partial charge in [0.15, 0.2) is 0 Å². The molecule has 0 aliphatic carbocycles. The molecule has 0 radical (unpaired) electrons. The van der Waals surface area contributed by atoms with Gasteiger partial charge in [-0.2, -0.15) is 0 Å². The Morgan fingerprint density at radius 1 is 0.773 bits per heavy atom. The highest BCUT2D eigenvalue weighted by molar-refractivity contribution is 6.07. The van der Waals surface area contributed by atoms with E-state index in [1.165, 1.54) is 32.9 Å². The van der Waals surface area contributed by atoms with Gasteiger partial charge in [-0.3, -0.25) is 0 Å². The third-order valence-electron chi connectivity index (χ3n) is 4.14. The highest BCUT2D eigenvalue weighted by atomic mass is 16.5. The maximum atomic E-state index is 5.21. The van der Waals surface area contributed by atoms with E-state index < -0.39 is 0 Å². The van der Waals surface area contributed by atoms with Gasteiger partial charge < -0.3 is 9.72 Å². The van der Waals surface area contributed by atoms with Gasteiger partial charge in [0.25, 0.3) is 0 Å². The van der Waals surface area contributed by atoms with Crippen molar-refractivity contribution in [2.75, 3.05) is 7.11 Å². The van der Waals surface area contributed by atoms with Crippen molar-refractivity contribution in [1.82, 2.24) is 4.98 Å². The SMILES string of the molecule is COc1ccc(Cc2ccc3[nH]c4ccccc4c3c2)cc1. The number of para-hydroxylation sites is 1. The summed E-state index contributed by atoms with van der Waals surface area (Å²) in [6.07, 6.45) is 0.930. The van der Waals surface area contributed by atoms with Gasteiger partial charge in [0.2, 0.25) is 0 Å². The number of H-pyrrole nitrogens is 1. The number of fused-ring (bicyclic) bond motifs is 3. The van der Waals surface area contributed by atoms with Crippen molar-refractivity contribution in [3.63, 3.8) is 0 Å². The van der Waals surface area contributed by atoms with Gasteiger partial charge in [0.05, 0.1) is 7.11 Å². The number of aromatic amines is 1. The first-order chi connectivity index (χ1) is 10.8. The average molecular weight is 287 g/mol. The number of nitrogens with one attached hydrogen (secondary N) is 1. The fourth-order valence-electron chi connectivity index (χ4n) is 2.98. The summed E-state index contributed by atoms with van der Waals surface area (Å²) in [5.74, 6) is 0.899. The minimum atomic E-state index is 0.899. The van der Waals surface area contributed by atoms with Crippen molar-refractivity contribution in [2.24, 2.45) is 0 Å². The van der Waals surface area contributed by atoms with Gasteiger partial charge in [0.1, 0.15) is 5.75 Å². The van der Waals surface area contributed by atoms with E-state index in [2.05, 4.69) is 59.6 Å². The van der Waals surface area contributed by atoms with Crippen LogP contribution in [0.5, 0.6) is 5.75 Å². The largest absolute Gasteiger partial charge is 0.497 e. The maximum absolute atomic E-state index is 5.21. The third-order valence-corrected chi connectivity index (χ3v) is 4.14. The number of hydrogen-bond donors (Lipinski definition) is 1. The Bertz CT molecular complexity index is 935. The Hall–Kier alpha value is -2.74. The van der Waals surface area contributed by atoms with Crippen LogP contribution in [0.2, 0.25) is 0 Å². The predicted molar refractivity (Wildman–Crippen MR) is 91.6 cm³/mol. The summed E-state index contributed by atoms with van der Waals surface area (Å²) in [6.45, 7) is 0. The quantitative estimate of drug-likeness (QED) is 0.568. The summed E-state index contributed by atoms with van der Waals surface area (Å²) in [5, 5.41) is 2.58. The molecule has 0 aliphatic heterocycles. The number of benzene rings is 3. The summed E-state index contributed by atoms with van der Waals surface area (Å²) in [4.78, 5) is 3.47. The smallest absolute Gasteiger partial charge is 0.118 e. The topological polar surface area (TPSA) is 25.0 Å². The Labute approximate surface area is 129 Å². The van der Waals surface area contributed by atoms with Gasteiger partial charge in [-0.1, -0.05) is 36.4 Å². The highest BCUT2D eigenvalue weighted by Crippen LogP contribution is 2.27. The molecular weight excluding hydrogens is 270 g/mol. The number of aromatic nitrogens is 1.